The normalized spacial score (nSPS) is 10.3. The highest BCUT2D eigenvalue weighted by atomic mass is 79.9. The van der Waals surface area contributed by atoms with E-state index in [2.05, 4.69) is 15.9 Å². The molecule has 0 aliphatic heterocycles. The number of benzene rings is 2. The van der Waals surface area contributed by atoms with Crippen LogP contribution in [-0.4, -0.2) is 5.78 Å². The molecule has 0 fully saturated rings. The van der Waals surface area contributed by atoms with Gasteiger partial charge in [-0.3, -0.25) is 4.79 Å². The maximum Gasteiger partial charge on any atom is 0.193 e. The van der Waals surface area contributed by atoms with Crippen LogP contribution in [0.25, 0.3) is 0 Å². The Morgan fingerprint density at radius 1 is 1.06 bits per heavy atom. The summed E-state index contributed by atoms with van der Waals surface area (Å²) in [5, 5.41) is 0.213. The Hall–Kier alpha value is -1.19. The first-order chi connectivity index (χ1) is 8.06. The predicted molar refractivity (Wildman–Crippen MR) is 69.0 cm³/mol. The van der Waals surface area contributed by atoms with Gasteiger partial charge in [-0.25, -0.2) is 4.39 Å². The molecule has 4 heteroatoms. The van der Waals surface area contributed by atoms with Gasteiger partial charge in [0.2, 0.25) is 0 Å². The van der Waals surface area contributed by atoms with E-state index in [0.29, 0.717) is 5.56 Å². The van der Waals surface area contributed by atoms with Crippen molar-refractivity contribution < 1.29 is 9.18 Å². The fraction of sp³-hybridized carbons (Fsp3) is 0. The number of halogens is 3. The lowest BCUT2D eigenvalue weighted by molar-refractivity contribution is 0.103. The molecule has 0 aliphatic rings. The van der Waals surface area contributed by atoms with Crippen LogP contribution in [0.1, 0.15) is 15.9 Å². The molecule has 86 valence electrons. The van der Waals surface area contributed by atoms with Crippen LogP contribution in [0, 0.1) is 5.82 Å². The van der Waals surface area contributed by atoms with Crippen molar-refractivity contribution in [2.45, 2.75) is 0 Å². The molecule has 0 radical (unpaired) electrons. The standard InChI is InChI=1S/C13H7BrClFO/c14-10-3-1-8(2-4-10)13(17)9-5-11(15)7-12(16)6-9/h1-7H. The van der Waals surface area contributed by atoms with E-state index in [0.717, 1.165) is 4.47 Å². The van der Waals surface area contributed by atoms with Gasteiger partial charge in [0.1, 0.15) is 5.82 Å². The smallest absolute Gasteiger partial charge is 0.193 e. The minimum Gasteiger partial charge on any atom is -0.289 e. The lowest BCUT2D eigenvalue weighted by Gasteiger charge is -2.02. The van der Waals surface area contributed by atoms with Crippen molar-refractivity contribution in [1.82, 2.24) is 0 Å². The molecule has 2 aromatic carbocycles. The predicted octanol–water partition coefficient (Wildman–Crippen LogP) is 4.47. The SMILES string of the molecule is O=C(c1ccc(Br)cc1)c1cc(F)cc(Cl)c1. The summed E-state index contributed by atoms with van der Waals surface area (Å²) in [6, 6.07) is 10.7. The molecular weight excluding hydrogens is 306 g/mol. The third kappa shape index (κ3) is 2.93. The van der Waals surface area contributed by atoms with Crippen molar-refractivity contribution >= 4 is 33.3 Å². The molecule has 0 aliphatic carbocycles. The second kappa shape index (κ2) is 4.98. The number of carbonyl (C=O) groups excluding carboxylic acids is 1. The summed E-state index contributed by atoms with van der Waals surface area (Å²) < 4.78 is 14.0. The van der Waals surface area contributed by atoms with E-state index < -0.39 is 5.82 Å². The second-order valence-electron chi connectivity index (χ2n) is 3.49. The summed E-state index contributed by atoms with van der Waals surface area (Å²) in [4.78, 5) is 12.0. The van der Waals surface area contributed by atoms with E-state index in [1.54, 1.807) is 24.3 Å². The van der Waals surface area contributed by atoms with E-state index in [1.165, 1.54) is 18.2 Å². The van der Waals surface area contributed by atoms with Gasteiger partial charge in [0.05, 0.1) is 0 Å². The average Bonchev–Trinajstić information content (AvgIpc) is 2.28. The summed E-state index contributed by atoms with van der Waals surface area (Å²) >= 11 is 8.99. The zero-order valence-electron chi connectivity index (χ0n) is 8.58. The Labute approximate surface area is 111 Å². The van der Waals surface area contributed by atoms with E-state index >= 15 is 0 Å². The summed E-state index contributed by atoms with van der Waals surface area (Å²) in [6.07, 6.45) is 0. The van der Waals surface area contributed by atoms with Crippen LogP contribution in [0.15, 0.2) is 46.9 Å². The van der Waals surface area contributed by atoms with Crippen molar-refractivity contribution in [3.63, 3.8) is 0 Å². The van der Waals surface area contributed by atoms with Crippen LogP contribution in [0.4, 0.5) is 4.39 Å². The van der Waals surface area contributed by atoms with Crippen molar-refractivity contribution in [1.29, 1.82) is 0 Å². The first-order valence-electron chi connectivity index (χ1n) is 4.82. The molecular formula is C13H7BrClFO. The number of hydrogen-bond acceptors (Lipinski definition) is 1. The van der Waals surface area contributed by atoms with Gasteiger partial charge in [0.25, 0.3) is 0 Å². The van der Waals surface area contributed by atoms with E-state index in [9.17, 15) is 9.18 Å². The molecule has 0 saturated heterocycles. The van der Waals surface area contributed by atoms with Crippen LogP contribution < -0.4 is 0 Å². The van der Waals surface area contributed by atoms with E-state index in [-0.39, 0.29) is 16.4 Å². The minimum atomic E-state index is -0.516. The molecule has 0 amide bonds. The molecule has 2 rings (SSSR count). The molecule has 2 aromatic rings. The number of hydrogen-bond donors (Lipinski definition) is 0. The Bertz CT molecular complexity index is 546. The van der Waals surface area contributed by atoms with Crippen molar-refractivity contribution in [2.75, 3.05) is 0 Å². The fourth-order valence-corrected chi connectivity index (χ4v) is 1.94. The number of ketones is 1. The Morgan fingerprint density at radius 2 is 1.71 bits per heavy atom. The zero-order valence-corrected chi connectivity index (χ0v) is 10.9. The van der Waals surface area contributed by atoms with Crippen LogP contribution in [0.3, 0.4) is 0 Å². The van der Waals surface area contributed by atoms with Gasteiger partial charge in [0.15, 0.2) is 5.78 Å². The Balaban J connectivity index is 2.40. The van der Waals surface area contributed by atoms with Crippen LogP contribution >= 0.6 is 27.5 Å². The van der Waals surface area contributed by atoms with Gasteiger partial charge >= 0.3 is 0 Å². The number of carbonyl (C=O) groups is 1. The summed E-state index contributed by atoms with van der Waals surface area (Å²) in [7, 11) is 0. The Kier molecular flexibility index (Phi) is 3.60. The largest absolute Gasteiger partial charge is 0.289 e. The maximum absolute atomic E-state index is 13.1. The van der Waals surface area contributed by atoms with Crippen LogP contribution in [-0.2, 0) is 0 Å². The van der Waals surface area contributed by atoms with E-state index in [1.807, 2.05) is 0 Å². The van der Waals surface area contributed by atoms with Crippen LogP contribution in [0.2, 0.25) is 5.02 Å². The van der Waals surface area contributed by atoms with Gasteiger partial charge in [-0.1, -0.05) is 27.5 Å². The molecule has 0 bridgehead atoms. The summed E-state index contributed by atoms with van der Waals surface area (Å²) in [5.41, 5.74) is 0.743. The van der Waals surface area contributed by atoms with Gasteiger partial charge in [-0.05, 0) is 42.5 Å². The monoisotopic (exact) mass is 312 g/mol. The second-order valence-corrected chi connectivity index (χ2v) is 4.85. The molecule has 0 unspecified atom stereocenters. The molecule has 0 atom stereocenters. The molecule has 0 heterocycles. The average molecular weight is 314 g/mol. The molecule has 0 spiro atoms. The quantitative estimate of drug-likeness (QED) is 0.748. The number of rotatable bonds is 2. The lowest BCUT2D eigenvalue weighted by atomic mass is 10.0. The first-order valence-corrected chi connectivity index (χ1v) is 6.00. The minimum absolute atomic E-state index is 0.213. The highest BCUT2D eigenvalue weighted by molar-refractivity contribution is 9.10. The highest BCUT2D eigenvalue weighted by Gasteiger charge is 2.10. The molecule has 1 nitrogen and oxygen atoms in total. The fourth-order valence-electron chi connectivity index (χ4n) is 1.45. The summed E-state index contributed by atoms with van der Waals surface area (Å²) in [6.45, 7) is 0. The van der Waals surface area contributed by atoms with E-state index in [4.69, 9.17) is 11.6 Å². The van der Waals surface area contributed by atoms with Gasteiger partial charge < -0.3 is 0 Å². The Morgan fingerprint density at radius 3 is 2.29 bits per heavy atom. The first kappa shape index (κ1) is 12.3. The third-order valence-electron chi connectivity index (χ3n) is 2.23. The van der Waals surface area contributed by atoms with Gasteiger partial charge in [-0.15, -0.1) is 0 Å². The van der Waals surface area contributed by atoms with Crippen molar-refractivity contribution in [3.05, 3.63) is 68.9 Å². The third-order valence-corrected chi connectivity index (χ3v) is 2.98. The van der Waals surface area contributed by atoms with Gasteiger partial charge in [0, 0.05) is 20.6 Å². The van der Waals surface area contributed by atoms with Crippen molar-refractivity contribution in [2.24, 2.45) is 0 Å². The maximum atomic E-state index is 13.1. The molecule has 0 saturated carbocycles. The lowest BCUT2D eigenvalue weighted by Crippen LogP contribution is -2.01. The highest BCUT2D eigenvalue weighted by Crippen LogP contribution is 2.18. The summed E-state index contributed by atoms with van der Waals surface area (Å²) in [5.74, 6) is -0.767. The molecule has 0 aromatic heterocycles. The van der Waals surface area contributed by atoms with Crippen LogP contribution in [0.5, 0.6) is 0 Å². The zero-order chi connectivity index (χ0) is 12.4. The molecule has 0 N–H and O–H groups in total. The van der Waals surface area contributed by atoms with Gasteiger partial charge in [-0.2, -0.15) is 0 Å². The van der Waals surface area contributed by atoms with Crippen molar-refractivity contribution in [3.8, 4) is 0 Å². The topological polar surface area (TPSA) is 17.1 Å². The molecule has 17 heavy (non-hydrogen) atoms.